The minimum atomic E-state index is -1.07. The summed E-state index contributed by atoms with van der Waals surface area (Å²) in [6.45, 7) is 1.65. The number of oxime groups is 1. The summed E-state index contributed by atoms with van der Waals surface area (Å²) in [5.41, 5.74) is 7.59. The molecule has 2 heterocycles. The van der Waals surface area contributed by atoms with E-state index in [1.165, 1.54) is 0 Å². The molecular formula is C20H22N4O5. The largest absolute Gasteiger partial charge is 0.481 e. The molecule has 1 aromatic heterocycles. The molecule has 3 rings (SSSR count). The fourth-order valence-electron chi connectivity index (χ4n) is 3.00. The highest BCUT2D eigenvalue weighted by molar-refractivity contribution is 6.02. The lowest BCUT2D eigenvalue weighted by Gasteiger charge is -2.13. The lowest BCUT2D eigenvalue weighted by molar-refractivity contribution is -0.139. The van der Waals surface area contributed by atoms with Crippen LogP contribution in [0.5, 0.6) is 0 Å². The predicted molar refractivity (Wildman–Crippen MR) is 105 cm³/mol. The minimum Gasteiger partial charge on any atom is -0.481 e. The number of carbonyl (C=O) groups is 2. The molecule has 29 heavy (non-hydrogen) atoms. The van der Waals surface area contributed by atoms with Crippen molar-refractivity contribution in [2.45, 2.75) is 31.8 Å². The molecule has 0 fully saturated rings. The van der Waals surface area contributed by atoms with E-state index in [1.54, 1.807) is 43.3 Å². The summed E-state index contributed by atoms with van der Waals surface area (Å²) in [6.07, 6.45) is 0.0841. The van der Waals surface area contributed by atoms with E-state index in [0.717, 1.165) is 5.56 Å². The van der Waals surface area contributed by atoms with Crippen molar-refractivity contribution in [2.24, 2.45) is 10.9 Å². The van der Waals surface area contributed by atoms with Crippen LogP contribution < -0.4 is 11.1 Å². The molecule has 9 heteroatoms. The van der Waals surface area contributed by atoms with Gasteiger partial charge in [-0.2, -0.15) is 0 Å². The maximum Gasteiger partial charge on any atom is 0.316 e. The molecule has 0 saturated heterocycles. The second-order valence-corrected chi connectivity index (χ2v) is 6.81. The quantitative estimate of drug-likeness (QED) is 0.393. The van der Waals surface area contributed by atoms with Crippen molar-refractivity contribution in [1.82, 2.24) is 5.32 Å². The van der Waals surface area contributed by atoms with Crippen LogP contribution in [0.4, 0.5) is 0 Å². The molecule has 1 aliphatic rings. The maximum absolute atomic E-state index is 12.2. The van der Waals surface area contributed by atoms with Gasteiger partial charge in [-0.3, -0.25) is 15.0 Å². The molecule has 0 radical (unpaired) electrons. The van der Waals surface area contributed by atoms with E-state index >= 15 is 0 Å². The molecule has 0 saturated carbocycles. The van der Waals surface area contributed by atoms with Crippen LogP contribution >= 0.6 is 0 Å². The van der Waals surface area contributed by atoms with E-state index in [-0.39, 0.29) is 24.7 Å². The zero-order valence-electron chi connectivity index (χ0n) is 15.8. The van der Waals surface area contributed by atoms with Crippen molar-refractivity contribution in [3.05, 3.63) is 59.0 Å². The third-order valence-electron chi connectivity index (χ3n) is 4.58. The van der Waals surface area contributed by atoms with Crippen molar-refractivity contribution in [3.63, 3.8) is 0 Å². The second-order valence-electron chi connectivity index (χ2n) is 6.81. The molecule has 1 aliphatic heterocycles. The highest BCUT2D eigenvalue weighted by Crippen LogP contribution is 2.21. The number of carboxylic acids is 1. The van der Waals surface area contributed by atoms with E-state index in [9.17, 15) is 14.7 Å². The van der Waals surface area contributed by atoms with E-state index in [1.807, 2.05) is 0 Å². The van der Waals surface area contributed by atoms with Crippen LogP contribution in [0.2, 0.25) is 0 Å². The predicted octanol–water partition coefficient (Wildman–Crippen LogP) is 1.74. The molecule has 152 valence electrons. The normalized spacial score (nSPS) is 16.6. The van der Waals surface area contributed by atoms with Crippen molar-refractivity contribution in [1.29, 1.82) is 5.41 Å². The zero-order chi connectivity index (χ0) is 21.0. The number of rotatable bonds is 8. The Hall–Kier alpha value is -3.62. The van der Waals surface area contributed by atoms with Crippen LogP contribution in [0.25, 0.3) is 0 Å². The van der Waals surface area contributed by atoms with Gasteiger partial charge in [-0.15, -0.1) is 0 Å². The molecule has 0 aliphatic carbocycles. The topological polar surface area (TPSA) is 151 Å². The molecule has 0 spiro atoms. The van der Waals surface area contributed by atoms with Crippen LogP contribution in [0.3, 0.4) is 0 Å². The van der Waals surface area contributed by atoms with Crippen molar-refractivity contribution in [2.75, 3.05) is 6.54 Å². The van der Waals surface area contributed by atoms with E-state index in [0.29, 0.717) is 29.2 Å². The van der Waals surface area contributed by atoms with E-state index in [2.05, 4.69) is 10.5 Å². The number of carboxylic acid groups (broad SMARTS) is 1. The Morgan fingerprint density at radius 1 is 1.31 bits per heavy atom. The maximum atomic E-state index is 12.2. The van der Waals surface area contributed by atoms with Gasteiger partial charge in [-0.05, 0) is 24.6 Å². The summed E-state index contributed by atoms with van der Waals surface area (Å²) in [4.78, 5) is 29.0. The Bertz CT molecular complexity index is 948. The number of nitrogen functional groups attached to an aromatic ring is 1. The highest BCUT2D eigenvalue weighted by atomic mass is 16.6. The van der Waals surface area contributed by atoms with Crippen LogP contribution in [0.15, 0.2) is 46.0 Å². The molecule has 1 aromatic carbocycles. The molecular weight excluding hydrogens is 376 g/mol. The Kier molecular flexibility index (Phi) is 5.96. The number of nitrogens with zero attached hydrogens (tertiary/aromatic N) is 1. The van der Waals surface area contributed by atoms with Gasteiger partial charge in [0, 0.05) is 18.5 Å². The first-order chi connectivity index (χ1) is 13.8. The second kappa shape index (κ2) is 8.59. The number of carbonyl (C=O) groups excluding carboxylic acids is 1. The first kappa shape index (κ1) is 20.1. The van der Waals surface area contributed by atoms with Gasteiger partial charge in [-0.1, -0.05) is 29.4 Å². The smallest absolute Gasteiger partial charge is 0.316 e. The summed E-state index contributed by atoms with van der Waals surface area (Å²) in [5.74, 6) is -1.46. The fourth-order valence-corrected chi connectivity index (χ4v) is 3.00. The third-order valence-corrected chi connectivity index (χ3v) is 4.58. The van der Waals surface area contributed by atoms with Crippen molar-refractivity contribution >= 4 is 23.4 Å². The summed E-state index contributed by atoms with van der Waals surface area (Å²) < 4.78 is 5.36. The van der Waals surface area contributed by atoms with Gasteiger partial charge in [0.1, 0.15) is 29.4 Å². The van der Waals surface area contributed by atoms with Gasteiger partial charge in [0.15, 0.2) is 0 Å². The Morgan fingerprint density at radius 2 is 2.03 bits per heavy atom. The van der Waals surface area contributed by atoms with Gasteiger partial charge < -0.3 is 25.4 Å². The minimum absolute atomic E-state index is 0.0138. The third kappa shape index (κ3) is 5.01. The van der Waals surface area contributed by atoms with Gasteiger partial charge in [0.25, 0.3) is 0 Å². The molecule has 2 atom stereocenters. The zero-order valence-corrected chi connectivity index (χ0v) is 15.8. The number of hydrogen-bond donors (Lipinski definition) is 4. The summed E-state index contributed by atoms with van der Waals surface area (Å²) in [6, 6.07) is 10.3. The molecule has 0 bridgehead atoms. The average molecular weight is 398 g/mol. The first-order valence-corrected chi connectivity index (χ1v) is 9.07. The number of nitrogens with one attached hydrogen (secondary N) is 2. The number of furan rings is 1. The van der Waals surface area contributed by atoms with Crippen LogP contribution in [-0.2, 0) is 14.4 Å². The number of aryl methyl sites for hydroxylation is 1. The average Bonchev–Trinajstić information content (AvgIpc) is 3.31. The fraction of sp³-hybridized carbons (Fsp3) is 0.300. The Balaban J connectivity index is 1.50. The van der Waals surface area contributed by atoms with Crippen LogP contribution in [0, 0.1) is 12.3 Å². The number of benzene rings is 1. The van der Waals surface area contributed by atoms with E-state index in [4.69, 9.17) is 20.4 Å². The van der Waals surface area contributed by atoms with Gasteiger partial charge in [0.05, 0.1) is 12.1 Å². The SMILES string of the molecule is Cc1ccc([C@H](CNC(=O)CC2CC(c3ccc(C(=N)N)cc3)=NO2)C(=O)O)o1. The molecule has 1 unspecified atom stereocenters. The monoisotopic (exact) mass is 398 g/mol. The number of aliphatic carboxylic acids is 1. The van der Waals surface area contributed by atoms with Gasteiger partial charge in [-0.25, -0.2) is 0 Å². The van der Waals surface area contributed by atoms with Gasteiger partial charge >= 0.3 is 5.97 Å². The summed E-state index contributed by atoms with van der Waals surface area (Å²) in [7, 11) is 0. The molecule has 9 nitrogen and oxygen atoms in total. The Morgan fingerprint density at radius 3 is 2.62 bits per heavy atom. The summed E-state index contributed by atoms with van der Waals surface area (Å²) >= 11 is 0. The van der Waals surface area contributed by atoms with Crippen molar-refractivity contribution < 1.29 is 24.0 Å². The Labute approximate surface area is 167 Å². The summed E-state index contributed by atoms with van der Waals surface area (Å²) in [5, 5.41) is 23.4. The van der Waals surface area contributed by atoms with Gasteiger partial charge in [0.2, 0.25) is 5.91 Å². The van der Waals surface area contributed by atoms with Crippen molar-refractivity contribution in [3.8, 4) is 0 Å². The van der Waals surface area contributed by atoms with Crippen LogP contribution in [-0.4, -0.2) is 41.2 Å². The number of amides is 1. The molecule has 5 N–H and O–H groups in total. The lowest BCUT2D eigenvalue weighted by Crippen LogP contribution is -2.33. The highest BCUT2D eigenvalue weighted by Gasteiger charge is 2.27. The molecule has 2 aromatic rings. The number of hydrogen-bond acceptors (Lipinski definition) is 6. The number of amidine groups is 1. The number of nitrogens with two attached hydrogens (primary N) is 1. The van der Waals surface area contributed by atoms with E-state index < -0.39 is 18.0 Å². The first-order valence-electron chi connectivity index (χ1n) is 9.07. The molecule has 1 amide bonds. The standard InChI is InChI=1S/C20H22N4O5/c1-11-2-7-17(28-11)15(20(26)27)10-23-18(25)9-14-8-16(24-29-14)12-3-5-13(6-4-12)19(21)22/h2-7,14-15H,8-10H2,1H3,(H3,21,22)(H,23,25)(H,26,27)/t14?,15-/m0/s1. The lowest BCUT2D eigenvalue weighted by atomic mass is 10.0. The van der Waals surface area contributed by atoms with Crippen LogP contribution in [0.1, 0.15) is 41.4 Å².